The van der Waals surface area contributed by atoms with Crippen LogP contribution in [0.5, 0.6) is 0 Å². The number of rotatable bonds is 1. The van der Waals surface area contributed by atoms with Crippen LogP contribution in [0, 0.1) is 0 Å². The topological polar surface area (TPSA) is 40.1 Å². The number of allylic oxidation sites excluding steroid dienone is 2. The van der Waals surface area contributed by atoms with Gasteiger partial charge in [0.15, 0.2) is 23.1 Å². The smallest absolute Gasteiger partial charge is 0.187 e. The van der Waals surface area contributed by atoms with E-state index in [1.165, 1.54) is 13.8 Å². The zero-order chi connectivity index (χ0) is 5.86. The Morgan fingerprint density at radius 2 is 1.88 bits per heavy atom. The molecule has 3 heteroatoms. The van der Waals surface area contributed by atoms with Crippen LogP contribution in [0.3, 0.4) is 0 Å². The summed E-state index contributed by atoms with van der Waals surface area (Å²) in [5, 5.41) is 9.98. The van der Waals surface area contributed by atoms with Gasteiger partial charge in [-0.05, 0) is 13.0 Å². The second kappa shape index (κ2) is 4.89. The number of hydrogen-bond acceptors (Lipinski definition) is 2. The predicted octanol–water partition coefficient (Wildman–Crippen LogP) is -1.34. The fourth-order valence-electron chi connectivity index (χ4n) is 0.286. The summed E-state index contributed by atoms with van der Waals surface area (Å²) in [6.07, 6.45) is 1.06. The van der Waals surface area contributed by atoms with E-state index in [2.05, 4.69) is 0 Å². The number of carbonyl (C=O) groups is 1. The van der Waals surface area contributed by atoms with Crippen molar-refractivity contribution >= 4 is 23.1 Å². The van der Waals surface area contributed by atoms with Crippen LogP contribution < -0.4 is 5.11 Å². The third-order valence-electron chi connectivity index (χ3n) is 0.407. The molecule has 0 aliphatic carbocycles. The molecule has 0 rings (SSSR count). The second-order valence-electron chi connectivity index (χ2n) is 1.37. The Hall–Kier alpha value is -0.258. The van der Waals surface area contributed by atoms with Crippen LogP contribution in [0.2, 0.25) is 0 Å². The van der Waals surface area contributed by atoms with E-state index in [1.807, 2.05) is 0 Å². The minimum absolute atomic E-state index is 0. The molecule has 0 spiro atoms. The molecule has 0 fully saturated rings. The molecular formula is C5H10AlO2-. The number of hydrogen-bond donors (Lipinski definition) is 0. The van der Waals surface area contributed by atoms with Crippen LogP contribution in [-0.4, -0.2) is 23.1 Å². The molecule has 0 aromatic carbocycles. The highest BCUT2D eigenvalue weighted by Crippen LogP contribution is 1.77. The normalized spacial score (nSPS) is 10.0. The van der Waals surface area contributed by atoms with Crippen LogP contribution in [0.25, 0.3) is 0 Å². The first-order valence-electron chi connectivity index (χ1n) is 1.99. The molecule has 0 bridgehead atoms. The molecule has 0 aliphatic heterocycles. The van der Waals surface area contributed by atoms with Gasteiger partial charge in [0.05, 0.1) is 0 Å². The van der Waals surface area contributed by atoms with Crippen molar-refractivity contribution in [2.75, 3.05) is 0 Å². The van der Waals surface area contributed by atoms with Gasteiger partial charge in [-0.25, -0.2) is 0 Å². The Bertz CT molecular complexity index is 103. The quantitative estimate of drug-likeness (QED) is 0.249. The summed E-state index contributed by atoms with van der Waals surface area (Å²) < 4.78 is 0. The minimum atomic E-state index is -0.187. The average molecular weight is 129 g/mol. The van der Waals surface area contributed by atoms with Gasteiger partial charge in [-0.15, -0.1) is 5.76 Å². The van der Waals surface area contributed by atoms with Gasteiger partial charge in [0.25, 0.3) is 0 Å². The van der Waals surface area contributed by atoms with Crippen LogP contribution in [0.15, 0.2) is 11.8 Å². The van der Waals surface area contributed by atoms with Crippen LogP contribution in [0.4, 0.5) is 0 Å². The zero-order valence-electron chi connectivity index (χ0n) is 4.39. The third kappa shape index (κ3) is 9.22. The van der Waals surface area contributed by atoms with Gasteiger partial charge in [-0.2, -0.15) is 0 Å². The van der Waals surface area contributed by atoms with Gasteiger partial charge < -0.3 is 5.11 Å². The van der Waals surface area contributed by atoms with Crippen molar-refractivity contribution in [3.63, 3.8) is 0 Å². The third-order valence-corrected chi connectivity index (χ3v) is 0.407. The molecule has 0 amide bonds. The molecule has 0 atom stereocenters. The van der Waals surface area contributed by atoms with E-state index < -0.39 is 0 Å². The summed E-state index contributed by atoms with van der Waals surface area (Å²) in [5.41, 5.74) is 0. The van der Waals surface area contributed by atoms with Crippen molar-refractivity contribution in [2.24, 2.45) is 0 Å². The lowest BCUT2D eigenvalue weighted by atomic mass is 10.4. The lowest BCUT2D eigenvalue weighted by Gasteiger charge is -1.98. The molecule has 0 saturated carbocycles. The van der Waals surface area contributed by atoms with E-state index in [0.717, 1.165) is 6.08 Å². The molecule has 2 nitrogen and oxygen atoms in total. The maximum atomic E-state index is 9.98. The molecule has 0 radical (unpaired) electrons. The Balaban J connectivity index is 0. The molecule has 0 aliphatic rings. The Morgan fingerprint density at radius 3 is 1.88 bits per heavy atom. The van der Waals surface area contributed by atoms with Crippen LogP contribution in [-0.2, 0) is 4.79 Å². The molecule has 46 valence electrons. The lowest BCUT2D eigenvalue weighted by Crippen LogP contribution is -1.99. The van der Waals surface area contributed by atoms with Crippen molar-refractivity contribution in [1.29, 1.82) is 0 Å². The van der Waals surface area contributed by atoms with Gasteiger partial charge in [-0.3, -0.25) is 4.79 Å². The van der Waals surface area contributed by atoms with Crippen molar-refractivity contribution in [3.05, 3.63) is 11.8 Å². The number of ketones is 1. The first-order chi connectivity index (χ1) is 3.13. The predicted molar refractivity (Wildman–Crippen MR) is 34.4 cm³/mol. The lowest BCUT2D eigenvalue weighted by molar-refractivity contribution is -0.301. The summed E-state index contributed by atoms with van der Waals surface area (Å²) in [5.74, 6) is -0.375. The van der Waals surface area contributed by atoms with Crippen molar-refractivity contribution in [2.45, 2.75) is 13.8 Å². The molecule has 0 unspecified atom stereocenters. The molecule has 0 saturated heterocycles. The maximum Gasteiger partial charge on any atom is 0.187 e. The summed E-state index contributed by atoms with van der Waals surface area (Å²) in [6, 6.07) is 0. The molecule has 0 aromatic rings. The minimum Gasteiger partial charge on any atom is -0.876 e. The number of carbonyl (C=O) groups excluding carboxylic acids is 1. The maximum absolute atomic E-state index is 9.98. The zero-order valence-corrected chi connectivity index (χ0v) is 4.39. The van der Waals surface area contributed by atoms with Crippen LogP contribution in [0.1, 0.15) is 13.8 Å². The van der Waals surface area contributed by atoms with Gasteiger partial charge in [0.1, 0.15) is 0 Å². The average Bonchev–Trinajstić information content (AvgIpc) is 1.27. The second-order valence-corrected chi connectivity index (χ2v) is 1.37. The summed E-state index contributed by atoms with van der Waals surface area (Å²) in [7, 11) is 0. The highest BCUT2D eigenvalue weighted by Gasteiger charge is 1.76. The highest BCUT2D eigenvalue weighted by molar-refractivity contribution is 5.87. The first-order valence-corrected chi connectivity index (χ1v) is 1.99. The summed E-state index contributed by atoms with van der Waals surface area (Å²) >= 11 is 0. The molecular weight excluding hydrogens is 119 g/mol. The Morgan fingerprint density at radius 1 is 1.50 bits per heavy atom. The standard InChI is InChI=1S/C5H8O2.Al.3H/c1-4(6)3-5(2)7;;;;/h3,6H,1-2H3;;;;/p-1/b4-3-;;;;. The fraction of sp³-hybridized carbons (Fsp3) is 0.400. The molecule has 0 N–H and O–H groups in total. The van der Waals surface area contributed by atoms with E-state index in [4.69, 9.17) is 0 Å². The van der Waals surface area contributed by atoms with Crippen molar-refractivity contribution in [1.82, 2.24) is 0 Å². The first kappa shape index (κ1) is 10.7. The van der Waals surface area contributed by atoms with Gasteiger partial charge in [0.2, 0.25) is 0 Å². The van der Waals surface area contributed by atoms with Crippen LogP contribution >= 0.6 is 0 Å². The molecule has 8 heavy (non-hydrogen) atoms. The molecule has 0 heterocycles. The van der Waals surface area contributed by atoms with Gasteiger partial charge in [-0.1, -0.05) is 6.92 Å². The monoisotopic (exact) mass is 129 g/mol. The summed E-state index contributed by atoms with van der Waals surface area (Å²) in [4.78, 5) is 9.98. The fourth-order valence-corrected chi connectivity index (χ4v) is 0.286. The van der Waals surface area contributed by atoms with E-state index in [0.29, 0.717) is 0 Å². The molecule has 0 aromatic heterocycles. The van der Waals surface area contributed by atoms with Gasteiger partial charge >= 0.3 is 0 Å². The Kier molecular flexibility index (Phi) is 6.53. The van der Waals surface area contributed by atoms with E-state index in [-0.39, 0.29) is 28.9 Å². The highest BCUT2D eigenvalue weighted by atomic mass is 27.0. The van der Waals surface area contributed by atoms with Gasteiger partial charge in [0, 0.05) is 0 Å². The van der Waals surface area contributed by atoms with E-state index in [1.54, 1.807) is 0 Å². The largest absolute Gasteiger partial charge is 0.876 e. The van der Waals surface area contributed by atoms with Crippen molar-refractivity contribution < 1.29 is 9.90 Å². The SMILES string of the molecule is CC(=O)/C=C(/C)[O-].[AlH3]. The van der Waals surface area contributed by atoms with E-state index in [9.17, 15) is 9.90 Å². The Labute approximate surface area is 59.3 Å². The summed E-state index contributed by atoms with van der Waals surface area (Å²) in [6.45, 7) is 2.70. The van der Waals surface area contributed by atoms with E-state index >= 15 is 0 Å². The van der Waals surface area contributed by atoms with Crippen molar-refractivity contribution in [3.8, 4) is 0 Å².